The van der Waals surface area contributed by atoms with E-state index in [-0.39, 0.29) is 24.0 Å². The molecule has 0 N–H and O–H groups in total. The maximum absolute atomic E-state index is 12.9. The number of ether oxygens (including phenoxy) is 2. The first kappa shape index (κ1) is 20.9. The molecule has 3 aliphatic heterocycles. The Morgan fingerprint density at radius 1 is 1.40 bits per heavy atom. The molecule has 0 radical (unpaired) electrons. The van der Waals surface area contributed by atoms with Crippen molar-refractivity contribution in [1.29, 1.82) is 0 Å². The molecule has 160 valence electrons. The average molecular weight is 409 g/mol. The molecule has 6 atom stereocenters. The lowest BCUT2D eigenvalue weighted by atomic mass is 9.73. The van der Waals surface area contributed by atoms with Crippen LogP contribution in [0.4, 0.5) is 0 Å². The Hall–Kier alpha value is -2.40. The number of hydrogen-bond donors (Lipinski definition) is 0. The standard InChI is InChI=1S/C25H32N2O3/c1-5-16(3)25(28)30-24(23-13-18-10-12-27(23)15-17(18)6-2)20-9-11-26-22-8-7-19(29-4)14-21(20)22/h6-9,11,14,16-18,23-24H,2,5,10,12-13,15H2,1,3-4H3/t16?,17-,18-,23+,24-/m0/s1. The zero-order chi connectivity index (χ0) is 21.3. The third-order valence-corrected chi connectivity index (χ3v) is 7.05. The lowest BCUT2D eigenvalue weighted by molar-refractivity contribution is -0.161. The summed E-state index contributed by atoms with van der Waals surface area (Å²) in [5.41, 5.74) is 1.90. The van der Waals surface area contributed by atoms with Gasteiger partial charge in [-0.05, 0) is 61.9 Å². The van der Waals surface area contributed by atoms with Crippen LogP contribution in [0.1, 0.15) is 44.8 Å². The van der Waals surface area contributed by atoms with Crippen molar-refractivity contribution >= 4 is 16.9 Å². The molecule has 0 saturated carbocycles. The topological polar surface area (TPSA) is 51.7 Å². The predicted molar refractivity (Wildman–Crippen MR) is 118 cm³/mol. The number of nitrogens with zero attached hydrogens (tertiary/aromatic N) is 2. The fourth-order valence-electron chi connectivity index (χ4n) is 4.97. The zero-order valence-electron chi connectivity index (χ0n) is 18.2. The quantitative estimate of drug-likeness (QED) is 0.488. The molecule has 2 aromatic rings. The van der Waals surface area contributed by atoms with E-state index in [2.05, 4.69) is 22.5 Å². The van der Waals surface area contributed by atoms with E-state index in [1.807, 2.05) is 44.3 Å². The molecule has 2 unspecified atom stereocenters. The van der Waals surface area contributed by atoms with E-state index < -0.39 is 0 Å². The van der Waals surface area contributed by atoms with Crippen LogP contribution in [-0.2, 0) is 9.53 Å². The summed E-state index contributed by atoms with van der Waals surface area (Å²) in [7, 11) is 1.67. The van der Waals surface area contributed by atoms with E-state index >= 15 is 0 Å². The minimum absolute atomic E-state index is 0.119. The number of aromatic nitrogens is 1. The smallest absolute Gasteiger partial charge is 0.309 e. The molecular weight excluding hydrogens is 376 g/mol. The van der Waals surface area contributed by atoms with Crippen LogP contribution in [-0.4, -0.2) is 42.1 Å². The summed E-state index contributed by atoms with van der Waals surface area (Å²) in [6.07, 6.45) is 6.56. The first-order chi connectivity index (χ1) is 14.5. The normalized spacial score (nSPS) is 27.4. The van der Waals surface area contributed by atoms with Crippen molar-refractivity contribution in [2.75, 3.05) is 20.2 Å². The molecule has 1 aromatic carbocycles. The molecular formula is C25H32N2O3. The van der Waals surface area contributed by atoms with Crippen LogP contribution >= 0.6 is 0 Å². The number of benzene rings is 1. The lowest BCUT2D eigenvalue weighted by Gasteiger charge is -2.51. The summed E-state index contributed by atoms with van der Waals surface area (Å²) in [5.74, 6) is 1.66. The Morgan fingerprint density at radius 3 is 2.90 bits per heavy atom. The summed E-state index contributed by atoms with van der Waals surface area (Å²) >= 11 is 0. The molecule has 0 amide bonds. The van der Waals surface area contributed by atoms with Crippen LogP contribution < -0.4 is 4.74 Å². The van der Waals surface area contributed by atoms with E-state index in [1.54, 1.807) is 7.11 Å². The minimum Gasteiger partial charge on any atom is -0.497 e. The Balaban J connectivity index is 1.76. The molecule has 0 aliphatic carbocycles. The van der Waals surface area contributed by atoms with Crippen LogP contribution in [0, 0.1) is 17.8 Å². The van der Waals surface area contributed by atoms with Gasteiger partial charge in [0.15, 0.2) is 0 Å². The Morgan fingerprint density at radius 2 is 2.23 bits per heavy atom. The first-order valence-corrected chi connectivity index (χ1v) is 11.1. The van der Waals surface area contributed by atoms with E-state index in [0.717, 1.165) is 48.1 Å². The predicted octanol–water partition coefficient (Wildman–Crippen LogP) is 4.77. The van der Waals surface area contributed by atoms with Gasteiger partial charge in [-0.2, -0.15) is 0 Å². The van der Waals surface area contributed by atoms with Crippen molar-refractivity contribution in [2.45, 2.75) is 45.3 Å². The molecule has 5 heteroatoms. The number of piperidine rings is 3. The van der Waals surface area contributed by atoms with E-state index in [0.29, 0.717) is 11.8 Å². The van der Waals surface area contributed by atoms with Crippen molar-refractivity contribution < 1.29 is 14.3 Å². The highest BCUT2D eigenvalue weighted by Crippen LogP contribution is 2.44. The van der Waals surface area contributed by atoms with Gasteiger partial charge in [0.05, 0.1) is 24.6 Å². The molecule has 4 heterocycles. The van der Waals surface area contributed by atoms with Crippen LogP contribution in [0.3, 0.4) is 0 Å². The van der Waals surface area contributed by atoms with E-state index in [9.17, 15) is 4.79 Å². The third kappa shape index (κ3) is 3.83. The molecule has 3 fully saturated rings. The summed E-state index contributed by atoms with van der Waals surface area (Å²) in [6, 6.07) is 8.06. The molecule has 1 aromatic heterocycles. The molecule has 3 saturated heterocycles. The number of carbonyl (C=O) groups excluding carboxylic acids is 1. The van der Waals surface area contributed by atoms with E-state index in [4.69, 9.17) is 9.47 Å². The van der Waals surface area contributed by atoms with Gasteiger partial charge in [0.25, 0.3) is 0 Å². The highest BCUT2D eigenvalue weighted by atomic mass is 16.5. The van der Waals surface area contributed by atoms with Crippen LogP contribution in [0.15, 0.2) is 43.1 Å². The fraction of sp³-hybridized carbons (Fsp3) is 0.520. The van der Waals surface area contributed by atoms with Crippen molar-refractivity contribution in [1.82, 2.24) is 9.88 Å². The SMILES string of the molecule is C=C[C@H]1CN2CC[C@H]1C[C@@H]2[C@@H](OC(=O)C(C)CC)c1ccnc2ccc(OC)cc12. The second-order valence-electron chi connectivity index (χ2n) is 8.70. The molecule has 5 rings (SSSR count). The minimum atomic E-state index is -0.322. The van der Waals surface area contributed by atoms with Crippen molar-refractivity contribution in [3.8, 4) is 5.75 Å². The Labute approximate surface area is 179 Å². The van der Waals surface area contributed by atoms with Gasteiger partial charge >= 0.3 is 5.97 Å². The van der Waals surface area contributed by atoms with Gasteiger partial charge in [0.1, 0.15) is 11.9 Å². The monoisotopic (exact) mass is 408 g/mol. The van der Waals surface area contributed by atoms with Crippen molar-refractivity contribution in [3.05, 3.63) is 48.7 Å². The van der Waals surface area contributed by atoms with Crippen LogP contribution in [0.2, 0.25) is 0 Å². The number of esters is 1. The second kappa shape index (κ2) is 8.76. The van der Waals surface area contributed by atoms with Gasteiger partial charge in [0.2, 0.25) is 0 Å². The summed E-state index contributed by atoms with van der Waals surface area (Å²) in [5, 5.41) is 0.988. The number of fused-ring (bicyclic) bond motifs is 4. The summed E-state index contributed by atoms with van der Waals surface area (Å²) in [4.78, 5) is 19.9. The van der Waals surface area contributed by atoms with Crippen LogP contribution in [0.25, 0.3) is 10.9 Å². The number of hydrogen-bond acceptors (Lipinski definition) is 5. The summed E-state index contributed by atoms with van der Waals surface area (Å²) < 4.78 is 11.7. The van der Waals surface area contributed by atoms with Gasteiger partial charge in [-0.1, -0.05) is 19.9 Å². The first-order valence-electron chi connectivity index (χ1n) is 11.1. The summed E-state index contributed by atoms with van der Waals surface area (Å²) in [6.45, 7) is 10.0. The number of pyridine rings is 1. The van der Waals surface area contributed by atoms with Gasteiger partial charge in [-0.25, -0.2) is 0 Å². The van der Waals surface area contributed by atoms with Crippen molar-refractivity contribution in [3.63, 3.8) is 0 Å². The van der Waals surface area contributed by atoms with E-state index in [1.165, 1.54) is 6.42 Å². The Kier molecular flexibility index (Phi) is 6.09. The second-order valence-corrected chi connectivity index (χ2v) is 8.70. The molecule has 30 heavy (non-hydrogen) atoms. The number of methoxy groups -OCH3 is 1. The largest absolute Gasteiger partial charge is 0.497 e. The molecule has 2 bridgehead atoms. The highest BCUT2D eigenvalue weighted by molar-refractivity contribution is 5.84. The maximum atomic E-state index is 12.9. The molecule has 5 nitrogen and oxygen atoms in total. The third-order valence-electron chi connectivity index (χ3n) is 7.05. The van der Waals surface area contributed by atoms with Crippen molar-refractivity contribution in [2.24, 2.45) is 17.8 Å². The lowest BCUT2D eigenvalue weighted by Crippen LogP contribution is -2.55. The van der Waals surface area contributed by atoms with Gasteiger partial charge < -0.3 is 9.47 Å². The number of rotatable bonds is 7. The van der Waals surface area contributed by atoms with Gasteiger partial charge in [0, 0.05) is 23.7 Å². The van der Waals surface area contributed by atoms with Crippen LogP contribution in [0.5, 0.6) is 5.75 Å². The fourth-order valence-corrected chi connectivity index (χ4v) is 4.97. The molecule has 0 spiro atoms. The molecule has 3 aliphatic rings. The maximum Gasteiger partial charge on any atom is 0.309 e. The number of carbonyl (C=O) groups is 1. The average Bonchev–Trinajstić information content (AvgIpc) is 2.81. The highest BCUT2D eigenvalue weighted by Gasteiger charge is 2.44. The van der Waals surface area contributed by atoms with Gasteiger partial charge in [-0.3, -0.25) is 14.7 Å². The van der Waals surface area contributed by atoms with Gasteiger partial charge in [-0.15, -0.1) is 6.58 Å². The zero-order valence-corrected chi connectivity index (χ0v) is 18.2. The Bertz CT molecular complexity index is 928.